The number of hydrogen-bond donors (Lipinski definition) is 4. The van der Waals surface area contributed by atoms with Gasteiger partial charge >= 0.3 is 6.03 Å². The van der Waals surface area contributed by atoms with Crippen LogP contribution in [0.5, 0.6) is 0 Å². The van der Waals surface area contributed by atoms with E-state index in [4.69, 9.17) is 10.9 Å². The zero-order valence-corrected chi connectivity index (χ0v) is 9.69. The van der Waals surface area contributed by atoms with Crippen molar-refractivity contribution in [3.05, 3.63) is 30.1 Å². The summed E-state index contributed by atoms with van der Waals surface area (Å²) in [5.41, 5.74) is 5.77. The third-order valence-corrected chi connectivity index (χ3v) is 2.13. The molecule has 1 aromatic carbocycles. The van der Waals surface area contributed by atoms with E-state index in [0.29, 0.717) is 25.1 Å². The van der Waals surface area contributed by atoms with Crippen LogP contribution in [0.15, 0.2) is 29.4 Å². The Morgan fingerprint density at radius 3 is 2.67 bits per heavy atom. The monoisotopic (exact) mass is 254 g/mol. The quantitative estimate of drug-likeness (QED) is 0.210. The van der Waals surface area contributed by atoms with Crippen LogP contribution in [0.2, 0.25) is 0 Å². The fourth-order valence-electron chi connectivity index (χ4n) is 1.23. The lowest BCUT2D eigenvalue weighted by molar-refractivity contribution is 0.252. The molecular formula is C11H15FN4O2. The second-order valence-electron chi connectivity index (χ2n) is 3.58. The molecule has 0 saturated heterocycles. The summed E-state index contributed by atoms with van der Waals surface area (Å²) in [5.74, 6) is -0.240. The smallest absolute Gasteiger partial charge is 0.319 e. The van der Waals surface area contributed by atoms with E-state index < -0.39 is 0 Å². The molecular weight excluding hydrogens is 239 g/mol. The second kappa shape index (κ2) is 7.10. The molecule has 7 heteroatoms. The van der Waals surface area contributed by atoms with Crippen LogP contribution in [-0.2, 0) is 0 Å². The number of rotatable bonds is 5. The number of oxime groups is 1. The number of carbonyl (C=O) groups is 1. The predicted octanol–water partition coefficient (Wildman–Crippen LogP) is 1.47. The number of urea groups is 1. The fraction of sp³-hybridized carbons (Fsp3) is 0.273. The molecule has 0 aliphatic rings. The highest BCUT2D eigenvalue weighted by Gasteiger charge is 2.01. The normalized spacial score (nSPS) is 11.1. The number of amides is 2. The van der Waals surface area contributed by atoms with Gasteiger partial charge in [-0.05, 0) is 30.7 Å². The number of amidine groups is 1. The van der Waals surface area contributed by atoms with Crippen LogP contribution in [0.3, 0.4) is 0 Å². The Hall–Kier alpha value is -2.31. The fourth-order valence-corrected chi connectivity index (χ4v) is 1.23. The van der Waals surface area contributed by atoms with Gasteiger partial charge in [-0.3, -0.25) is 0 Å². The third-order valence-electron chi connectivity index (χ3n) is 2.13. The zero-order chi connectivity index (χ0) is 13.4. The molecule has 98 valence electrons. The van der Waals surface area contributed by atoms with Crippen LogP contribution in [0.1, 0.15) is 12.8 Å². The lowest BCUT2D eigenvalue weighted by Crippen LogP contribution is -2.30. The zero-order valence-electron chi connectivity index (χ0n) is 9.69. The Morgan fingerprint density at radius 1 is 1.39 bits per heavy atom. The molecule has 0 aliphatic heterocycles. The summed E-state index contributed by atoms with van der Waals surface area (Å²) in [6.07, 6.45) is 0.958. The number of halogens is 1. The molecule has 1 aromatic rings. The van der Waals surface area contributed by atoms with Crippen molar-refractivity contribution in [2.24, 2.45) is 10.9 Å². The van der Waals surface area contributed by atoms with Crippen molar-refractivity contribution in [2.45, 2.75) is 12.8 Å². The number of nitrogens with zero attached hydrogens (tertiary/aromatic N) is 1. The van der Waals surface area contributed by atoms with E-state index in [1.165, 1.54) is 24.3 Å². The van der Waals surface area contributed by atoms with Crippen molar-refractivity contribution >= 4 is 17.6 Å². The highest BCUT2D eigenvalue weighted by molar-refractivity contribution is 5.89. The Labute approximate surface area is 104 Å². The minimum Gasteiger partial charge on any atom is -0.409 e. The molecule has 0 bridgehead atoms. The maximum Gasteiger partial charge on any atom is 0.319 e. The van der Waals surface area contributed by atoms with Crippen LogP contribution in [0.4, 0.5) is 14.9 Å². The maximum atomic E-state index is 12.6. The van der Waals surface area contributed by atoms with Gasteiger partial charge in [0.2, 0.25) is 0 Å². The minimum atomic E-state index is -0.388. The van der Waals surface area contributed by atoms with Crippen LogP contribution in [0, 0.1) is 5.82 Å². The number of anilines is 1. The van der Waals surface area contributed by atoms with E-state index in [1.54, 1.807) is 0 Å². The molecule has 5 N–H and O–H groups in total. The Kier molecular flexibility index (Phi) is 5.43. The van der Waals surface area contributed by atoms with Gasteiger partial charge in [0.15, 0.2) is 0 Å². The molecule has 0 aromatic heterocycles. The lowest BCUT2D eigenvalue weighted by atomic mass is 10.3. The first-order chi connectivity index (χ1) is 8.61. The standard InChI is InChI=1S/C11H15FN4O2/c12-8-3-5-9(6-4-8)15-11(17)14-7-1-2-10(13)16-18/h3-6,18H,1-2,7H2,(H2,13,16)(H2,14,15,17). The third kappa shape index (κ3) is 5.15. The Balaban J connectivity index is 2.23. The topological polar surface area (TPSA) is 99.7 Å². The summed E-state index contributed by atoms with van der Waals surface area (Å²) >= 11 is 0. The first-order valence-corrected chi connectivity index (χ1v) is 5.38. The number of nitrogens with one attached hydrogen (secondary N) is 2. The molecule has 0 radical (unpaired) electrons. The largest absolute Gasteiger partial charge is 0.409 e. The molecule has 0 heterocycles. The van der Waals surface area contributed by atoms with E-state index in [2.05, 4.69) is 15.8 Å². The van der Waals surface area contributed by atoms with E-state index >= 15 is 0 Å². The molecule has 2 amide bonds. The molecule has 0 unspecified atom stereocenters. The number of nitrogens with two attached hydrogens (primary N) is 1. The summed E-state index contributed by atoms with van der Waals surface area (Å²) in [5, 5.41) is 16.2. The highest BCUT2D eigenvalue weighted by atomic mass is 19.1. The van der Waals surface area contributed by atoms with Gasteiger partial charge in [-0.25, -0.2) is 9.18 Å². The predicted molar refractivity (Wildman–Crippen MR) is 66.1 cm³/mol. The van der Waals surface area contributed by atoms with Gasteiger partial charge in [-0.2, -0.15) is 0 Å². The number of hydrogen-bond acceptors (Lipinski definition) is 3. The summed E-state index contributed by atoms with van der Waals surface area (Å²) in [6, 6.07) is 5.06. The van der Waals surface area contributed by atoms with E-state index in [1.807, 2.05) is 0 Å². The van der Waals surface area contributed by atoms with Crippen LogP contribution in [0.25, 0.3) is 0 Å². The van der Waals surface area contributed by atoms with Gasteiger partial charge in [0.25, 0.3) is 0 Å². The average molecular weight is 254 g/mol. The van der Waals surface area contributed by atoms with Crippen LogP contribution >= 0.6 is 0 Å². The second-order valence-corrected chi connectivity index (χ2v) is 3.58. The number of benzene rings is 1. The van der Waals surface area contributed by atoms with Crippen molar-refractivity contribution in [1.82, 2.24) is 5.32 Å². The summed E-state index contributed by atoms with van der Waals surface area (Å²) < 4.78 is 12.6. The summed E-state index contributed by atoms with van der Waals surface area (Å²) in [4.78, 5) is 11.4. The SMILES string of the molecule is NC(CCCNC(=O)Nc1ccc(F)cc1)=NO. The molecule has 18 heavy (non-hydrogen) atoms. The van der Waals surface area contributed by atoms with Gasteiger partial charge in [0.05, 0.1) is 0 Å². The molecule has 6 nitrogen and oxygen atoms in total. The minimum absolute atomic E-state index is 0.121. The van der Waals surface area contributed by atoms with Gasteiger partial charge in [-0.1, -0.05) is 5.16 Å². The molecule has 1 rings (SSSR count). The van der Waals surface area contributed by atoms with E-state index in [0.717, 1.165) is 0 Å². The molecule has 0 saturated carbocycles. The Bertz CT molecular complexity index is 420. The molecule has 0 atom stereocenters. The van der Waals surface area contributed by atoms with Crippen molar-refractivity contribution in [3.8, 4) is 0 Å². The van der Waals surface area contributed by atoms with E-state index in [9.17, 15) is 9.18 Å². The summed E-state index contributed by atoms with van der Waals surface area (Å²) in [7, 11) is 0. The summed E-state index contributed by atoms with van der Waals surface area (Å²) in [6.45, 7) is 0.392. The first kappa shape index (κ1) is 13.8. The highest BCUT2D eigenvalue weighted by Crippen LogP contribution is 2.07. The van der Waals surface area contributed by atoms with Crippen molar-refractivity contribution in [1.29, 1.82) is 0 Å². The Morgan fingerprint density at radius 2 is 2.06 bits per heavy atom. The molecule has 0 spiro atoms. The van der Waals surface area contributed by atoms with Gasteiger partial charge < -0.3 is 21.6 Å². The average Bonchev–Trinajstić information content (AvgIpc) is 2.37. The van der Waals surface area contributed by atoms with Gasteiger partial charge in [0, 0.05) is 18.7 Å². The molecule has 0 aliphatic carbocycles. The van der Waals surface area contributed by atoms with Crippen LogP contribution in [-0.4, -0.2) is 23.6 Å². The molecule has 0 fully saturated rings. The lowest BCUT2D eigenvalue weighted by Gasteiger charge is -2.07. The van der Waals surface area contributed by atoms with Gasteiger partial charge in [-0.15, -0.1) is 0 Å². The van der Waals surface area contributed by atoms with Crippen molar-refractivity contribution in [2.75, 3.05) is 11.9 Å². The van der Waals surface area contributed by atoms with Gasteiger partial charge in [0.1, 0.15) is 11.7 Å². The maximum absolute atomic E-state index is 12.6. The van der Waals surface area contributed by atoms with Crippen molar-refractivity contribution < 1.29 is 14.4 Å². The first-order valence-electron chi connectivity index (χ1n) is 5.38. The van der Waals surface area contributed by atoms with E-state index in [-0.39, 0.29) is 17.7 Å². The van der Waals surface area contributed by atoms with Crippen LogP contribution < -0.4 is 16.4 Å². The number of carbonyl (C=O) groups excluding carboxylic acids is 1. The van der Waals surface area contributed by atoms with Crippen molar-refractivity contribution in [3.63, 3.8) is 0 Å².